The van der Waals surface area contributed by atoms with E-state index in [4.69, 9.17) is 0 Å². The van der Waals surface area contributed by atoms with E-state index in [1.54, 1.807) is 12.1 Å². The molecule has 0 radical (unpaired) electrons. The van der Waals surface area contributed by atoms with E-state index >= 15 is 0 Å². The molecule has 1 N–H and O–H groups in total. The Balaban J connectivity index is 0.00000161. The van der Waals surface area contributed by atoms with Crippen LogP contribution < -0.4 is 5.32 Å². The van der Waals surface area contributed by atoms with Crippen molar-refractivity contribution in [1.29, 1.82) is 0 Å². The van der Waals surface area contributed by atoms with Gasteiger partial charge in [0.15, 0.2) is 0 Å². The smallest absolute Gasteiger partial charge is 0.226 e. The van der Waals surface area contributed by atoms with E-state index in [2.05, 4.69) is 19.2 Å². The van der Waals surface area contributed by atoms with Crippen molar-refractivity contribution in [2.24, 2.45) is 5.92 Å². The third-order valence-corrected chi connectivity index (χ3v) is 4.72. The quantitative estimate of drug-likeness (QED) is 0.910. The zero-order valence-corrected chi connectivity index (χ0v) is 13.2. The van der Waals surface area contributed by atoms with E-state index in [1.807, 2.05) is 4.90 Å². The molecule has 1 saturated carbocycles. The molecule has 1 saturated heterocycles. The molecule has 1 aromatic rings. The molecule has 116 valence electrons. The molecule has 1 aromatic carbocycles. The van der Waals surface area contributed by atoms with Crippen molar-refractivity contribution in [3.8, 4) is 0 Å². The number of nitrogens with zero attached hydrogens (tertiary/aromatic N) is 1. The van der Waals surface area contributed by atoms with Crippen LogP contribution in [0.3, 0.4) is 0 Å². The van der Waals surface area contributed by atoms with Crippen molar-refractivity contribution in [3.05, 3.63) is 35.6 Å². The predicted molar refractivity (Wildman–Crippen MR) is 83.1 cm³/mol. The van der Waals surface area contributed by atoms with Crippen LogP contribution in [-0.4, -0.2) is 36.0 Å². The summed E-state index contributed by atoms with van der Waals surface area (Å²) in [5.41, 5.74) is 1.08. The van der Waals surface area contributed by atoms with Gasteiger partial charge in [-0.15, -0.1) is 12.4 Å². The summed E-state index contributed by atoms with van der Waals surface area (Å²) < 4.78 is 12.9. The molecule has 0 bridgehead atoms. The number of hydrogen-bond acceptors (Lipinski definition) is 2. The van der Waals surface area contributed by atoms with Crippen LogP contribution in [0.2, 0.25) is 0 Å². The van der Waals surface area contributed by atoms with Crippen molar-refractivity contribution in [2.45, 2.75) is 38.3 Å². The number of nitrogens with one attached hydrogen (secondary N) is 1. The van der Waals surface area contributed by atoms with Crippen LogP contribution in [0.4, 0.5) is 4.39 Å². The molecule has 0 aromatic heterocycles. The van der Waals surface area contributed by atoms with Gasteiger partial charge in [-0.1, -0.05) is 12.1 Å². The molecule has 3 rings (SSSR count). The fourth-order valence-electron chi connectivity index (χ4n) is 3.13. The molecule has 1 heterocycles. The van der Waals surface area contributed by atoms with Gasteiger partial charge in [0.1, 0.15) is 5.82 Å². The zero-order valence-electron chi connectivity index (χ0n) is 12.4. The van der Waals surface area contributed by atoms with Crippen molar-refractivity contribution in [3.63, 3.8) is 0 Å². The first-order valence-electron chi connectivity index (χ1n) is 7.37. The fourth-order valence-corrected chi connectivity index (χ4v) is 3.13. The van der Waals surface area contributed by atoms with Crippen LogP contribution in [-0.2, 0) is 4.79 Å². The van der Waals surface area contributed by atoms with E-state index in [0.717, 1.165) is 25.1 Å². The Morgan fingerprint density at radius 1 is 1.29 bits per heavy atom. The summed E-state index contributed by atoms with van der Waals surface area (Å²) in [6, 6.07) is 7.14. The largest absolute Gasteiger partial charge is 0.337 e. The summed E-state index contributed by atoms with van der Waals surface area (Å²) in [5.74, 6) is 0.413. The van der Waals surface area contributed by atoms with Crippen LogP contribution >= 0.6 is 12.4 Å². The Kier molecular flexibility index (Phi) is 4.89. The average Bonchev–Trinajstić information content (AvgIpc) is 3.22. The van der Waals surface area contributed by atoms with Gasteiger partial charge in [-0.2, -0.15) is 0 Å². The van der Waals surface area contributed by atoms with Gasteiger partial charge in [-0.3, -0.25) is 4.79 Å². The number of rotatable bonds is 2. The first kappa shape index (κ1) is 16.2. The van der Waals surface area contributed by atoms with Crippen LogP contribution in [0.1, 0.15) is 31.7 Å². The monoisotopic (exact) mass is 312 g/mol. The summed E-state index contributed by atoms with van der Waals surface area (Å²) >= 11 is 0. The summed E-state index contributed by atoms with van der Waals surface area (Å²) in [4.78, 5) is 14.6. The molecular weight excluding hydrogens is 291 g/mol. The van der Waals surface area contributed by atoms with E-state index in [9.17, 15) is 9.18 Å². The van der Waals surface area contributed by atoms with E-state index in [0.29, 0.717) is 6.04 Å². The van der Waals surface area contributed by atoms with E-state index in [-0.39, 0.29) is 42.0 Å². The number of hydrogen-bond donors (Lipinski definition) is 1. The lowest BCUT2D eigenvalue weighted by Gasteiger charge is -2.38. The minimum absolute atomic E-state index is 0. The number of benzene rings is 1. The van der Waals surface area contributed by atoms with E-state index in [1.165, 1.54) is 12.1 Å². The Labute approximate surface area is 131 Å². The summed E-state index contributed by atoms with van der Waals surface area (Å²) in [7, 11) is 0. The lowest BCUT2D eigenvalue weighted by atomic mass is 10.0. The third-order valence-electron chi connectivity index (χ3n) is 4.72. The van der Waals surface area contributed by atoms with Gasteiger partial charge in [-0.05, 0) is 43.9 Å². The van der Waals surface area contributed by atoms with Crippen molar-refractivity contribution < 1.29 is 9.18 Å². The van der Waals surface area contributed by atoms with Crippen LogP contribution in [0.5, 0.6) is 0 Å². The minimum Gasteiger partial charge on any atom is -0.337 e. The number of carbonyl (C=O) groups excluding carboxylic acids is 1. The lowest BCUT2D eigenvalue weighted by molar-refractivity contribution is -0.136. The Morgan fingerprint density at radius 3 is 2.62 bits per heavy atom. The second-order valence-corrected chi connectivity index (χ2v) is 6.02. The molecule has 1 aliphatic carbocycles. The third kappa shape index (κ3) is 3.22. The fraction of sp³-hybridized carbons (Fsp3) is 0.562. The number of carbonyl (C=O) groups is 1. The highest BCUT2D eigenvalue weighted by Crippen LogP contribution is 2.48. The van der Waals surface area contributed by atoms with Crippen LogP contribution in [0, 0.1) is 11.7 Å². The molecule has 5 heteroatoms. The molecule has 0 spiro atoms. The molecule has 2 aliphatic rings. The van der Waals surface area contributed by atoms with Gasteiger partial charge < -0.3 is 10.2 Å². The van der Waals surface area contributed by atoms with Crippen molar-refractivity contribution >= 4 is 18.3 Å². The molecule has 1 amide bonds. The summed E-state index contributed by atoms with van der Waals surface area (Å²) in [6.07, 6.45) is 0.898. The Bertz CT molecular complexity index is 508. The normalized spacial score (nSPS) is 31.5. The van der Waals surface area contributed by atoms with Crippen molar-refractivity contribution in [2.75, 3.05) is 13.1 Å². The van der Waals surface area contributed by atoms with Crippen LogP contribution in [0.25, 0.3) is 0 Å². The maximum atomic E-state index is 12.9. The van der Waals surface area contributed by atoms with Gasteiger partial charge in [0.25, 0.3) is 0 Å². The molecule has 21 heavy (non-hydrogen) atoms. The maximum Gasteiger partial charge on any atom is 0.226 e. The topological polar surface area (TPSA) is 32.3 Å². The van der Waals surface area contributed by atoms with Gasteiger partial charge in [0.05, 0.1) is 0 Å². The highest BCUT2D eigenvalue weighted by Gasteiger charge is 2.47. The summed E-state index contributed by atoms with van der Waals surface area (Å²) in [6.45, 7) is 5.88. The first-order chi connectivity index (χ1) is 9.58. The predicted octanol–water partition coefficient (Wildman–Crippen LogP) is 2.56. The van der Waals surface area contributed by atoms with Crippen LogP contribution in [0.15, 0.2) is 24.3 Å². The molecule has 4 atom stereocenters. The van der Waals surface area contributed by atoms with Gasteiger partial charge >= 0.3 is 0 Å². The van der Waals surface area contributed by atoms with Crippen molar-refractivity contribution in [1.82, 2.24) is 10.2 Å². The standard InChI is InChI=1S/C16H21FN2O.ClH/c1-10-11(2)19(8-7-18-10)16(20)15-9-14(15)12-3-5-13(17)6-4-12;/h3-6,10-11,14-15,18H,7-9H2,1-2H3;1H. The first-order valence-corrected chi connectivity index (χ1v) is 7.37. The lowest BCUT2D eigenvalue weighted by Crippen LogP contribution is -2.57. The van der Waals surface area contributed by atoms with E-state index < -0.39 is 0 Å². The Hall–Kier alpha value is -1.13. The second-order valence-electron chi connectivity index (χ2n) is 6.02. The number of halogens is 2. The molecule has 1 aliphatic heterocycles. The number of amides is 1. The molecule has 2 fully saturated rings. The van der Waals surface area contributed by atoms with Gasteiger partial charge in [-0.25, -0.2) is 4.39 Å². The zero-order chi connectivity index (χ0) is 14.3. The van der Waals surface area contributed by atoms with Gasteiger partial charge in [0, 0.05) is 31.1 Å². The number of piperazine rings is 1. The maximum absolute atomic E-state index is 12.9. The molecular formula is C16H22ClFN2O. The second kappa shape index (κ2) is 6.32. The SMILES string of the molecule is CC1NCCN(C(=O)C2CC2c2ccc(F)cc2)C1C.Cl. The molecule has 3 nitrogen and oxygen atoms in total. The Morgan fingerprint density at radius 2 is 1.95 bits per heavy atom. The van der Waals surface area contributed by atoms with Gasteiger partial charge in [0.2, 0.25) is 5.91 Å². The highest BCUT2D eigenvalue weighted by molar-refractivity contribution is 5.85. The highest BCUT2D eigenvalue weighted by atomic mass is 35.5. The molecule has 4 unspecified atom stereocenters. The minimum atomic E-state index is -0.221. The summed E-state index contributed by atoms with van der Waals surface area (Å²) in [5, 5.41) is 3.39. The average molecular weight is 313 g/mol.